The molecule has 0 N–H and O–H groups in total. The molecular formula is C22H25Br2Cl2ISi2. The van der Waals surface area contributed by atoms with Gasteiger partial charge in [0.25, 0.3) is 0 Å². The van der Waals surface area contributed by atoms with Crippen molar-refractivity contribution in [1.29, 1.82) is 0 Å². The highest BCUT2D eigenvalue weighted by atomic mass is 127. The van der Waals surface area contributed by atoms with E-state index in [0.717, 1.165) is 24.6 Å². The molecule has 0 unspecified atom stereocenters. The minimum Gasteiger partial charge on any atom is -0.135 e. The van der Waals surface area contributed by atoms with Crippen molar-refractivity contribution in [3.05, 3.63) is 64.5 Å². The van der Waals surface area contributed by atoms with Crippen LogP contribution >= 0.6 is 77.7 Å². The molecule has 0 saturated carbocycles. The van der Waals surface area contributed by atoms with Gasteiger partial charge < -0.3 is 0 Å². The molecule has 156 valence electrons. The largest absolute Gasteiger partial charge is 0.135 e. The van der Waals surface area contributed by atoms with Crippen molar-refractivity contribution in [2.24, 2.45) is 0 Å². The van der Waals surface area contributed by atoms with Gasteiger partial charge in [-0.25, -0.2) is 0 Å². The third-order valence-electron chi connectivity index (χ3n) is 2.82. The predicted molar refractivity (Wildman–Crippen MR) is 153 cm³/mol. The third-order valence-corrected chi connectivity index (χ3v) is 8.02. The van der Waals surface area contributed by atoms with E-state index in [4.69, 9.17) is 29.6 Å². The summed E-state index contributed by atoms with van der Waals surface area (Å²) in [6, 6.07) is 11.4. The average molecular weight is 703 g/mol. The molecule has 2 rings (SSSR count). The minimum atomic E-state index is -1.29. The van der Waals surface area contributed by atoms with Crippen LogP contribution in [0.2, 0.25) is 49.3 Å². The summed E-state index contributed by atoms with van der Waals surface area (Å²) in [5, 5.41) is 1.50. The van der Waals surface area contributed by atoms with Gasteiger partial charge in [0.2, 0.25) is 0 Å². The third kappa shape index (κ3) is 15.7. The van der Waals surface area contributed by atoms with Crippen molar-refractivity contribution in [3.8, 4) is 23.4 Å². The second-order valence-electron chi connectivity index (χ2n) is 8.08. The van der Waals surface area contributed by atoms with Crippen LogP contribution in [0.1, 0.15) is 5.56 Å². The first-order valence-electron chi connectivity index (χ1n) is 8.71. The molecule has 0 fully saturated rings. The van der Waals surface area contributed by atoms with Gasteiger partial charge in [-0.15, -0.1) is 17.5 Å². The van der Waals surface area contributed by atoms with E-state index in [0.29, 0.717) is 0 Å². The molecule has 0 nitrogen and oxygen atoms in total. The zero-order valence-electron chi connectivity index (χ0n) is 17.4. The maximum absolute atomic E-state index is 5.84. The molecular weight excluding hydrogens is 678 g/mol. The molecule has 0 heterocycles. The number of terminal acetylenes is 1. The standard InChI is InChI=1S/C11H12BrClSi.C6H3BrClI.C5H10Si/c1-14(2,3)7-6-9-4-5-10(13)8-11(9)12;7-5-3-4(8)1-2-6(5)9;1-5-6(2,3)4/h4-5,8H,1-3H3;1-3H;1H,2-4H3. The average Bonchev–Trinajstić information content (AvgIpc) is 2.57. The van der Waals surface area contributed by atoms with Crippen LogP contribution < -0.4 is 0 Å². The van der Waals surface area contributed by atoms with Crippen molar-refractivity contribution in [3.63, 3.8) is 0 Å². The van der Waals surface area contributed by atoms with Crippen LogP contribution in [-0.4, -0.2) is 16.1 Å². The molecule has 0 bridgehead atoms. The van der Waals surface area contributed by atoms with Crippen molar-refractivity contribution in [2.75, 3.05) is 0 Å². The van der Waals surface area contributed by atoms with Crippen molar-refractivity contribution in [2.45, 2.75) is 39.3 Å². The molecule has 0 aliphatic rings. The smallest absolute Gasteiger partial charge is 0.129 e. The Balaban J connectivity index is 0.000000448. The number of rotatable bonds is 0. The Bertz CT molecular complexity index is 916. The van der Waals surface area contributed by atoms with Gasteiger partial charge in [-0.2, -0.15) is 0 Å². The highest BCUT2D eigenvalue weighted by Gasteiger charge is 2.08. The number of halogens is 5. The van der Waals surface area contributed by atoms with Gasteiger partial charge >= 0.3 is 0 Å². The molecule has 2 aromatic carbocycles. The first kappa shape index (κ1) is 29.3. The molecule has 0 radical (unpaired) electrons. The molecule has 0 aliphatic heterocycles. The number of hydrogen-bond acceptors (Lipinski definition) is 0. The first-order chi connectivity index (χ1) is 13.1. The van der Waals surface area contributed by atoms with Crippen LogP contribution in [0.5, 0.6) is 0 Å². The summed E-state index contributed by atoms with van der Waals surface area (Å²) in [6.45, 7) is 13.1. The molecule has 0 amide bonds. The molecule has 0 atom stereocenters. The quantitative estimate of drug-likeness (QED) is 0.111. The molecule has 7 heteroatoms. The second-order valence-corrected chi connectivity index (χ2v) is 21.4. The van der Waals surface area contributed by atoms with E-state index in [-0.39, 0.29) is 0 Å². The first-order valence-corrected chi connectivity index (χ1v) is 19.1. The lowest BCUT2D eigenvalue weighted by molar-refractivity contribution is 1.59. The SMILES string of the molecule is C#C[Si](C)(C)C.C[Si](C)(C)C#Cc1ccc(Cl)cc1Br.Clc1ccc(I)c(Br)c1. The van der Waals surface area contributed by atoms with Gasteiger partial charge in [0.05, 0.1) is 0 Å². The Morgan fingerprint density at radius 3 is 1.62 bits per heavy atom. The van der Waals surface area contributed by atoms with Crippen molar-refractivity contribution in [1.82, 2.24) is 0 Å². The molecule has 0 spiro atoms. The maximum Gasteiger partial charge on any atom is 0.129 e. The normalized spacial score (nSPS) is 10.3. The summed E-state index contributed by atoms with van der Waals surface area (Å²) in [5.41, 5.74) is 7.07. The van der Waals surface area contributed by atoms with Crippen LogP contribution in [0.4, 0.5) is 0 Å². The lowest BCUT2D eigenvalue weighted by Crippen LogP contribution is -2.16. The fourth-order valence-corrected chi connectivity index (χ4v) is 3.63. The van der Waals surface area contributed by atoms with Crippen LogP contribution in [0, 0.1) is 27.0 Å². The van der Waals surface area contributed by atoms with Gasteiger partial charge in [-0.3, -0.25) is 0 Å². The maximum atomic E-state index is 5.84. The van der Waals surface area contributed by atoms with Crippen LogP contribution in [0.15, 0.2) is 45.3 Å². The Labute approximate surface area is 219 Å². The molecule has 0 aromatic heterocycles. The number of benzene rings is 2. The summed E-state index contributed by atoms with van der Waals surface area (Å²) < 4.78 is 3.20. The number of hydrogen-bond donors (Lipinski definition) is 0. The Morgan fingerprint density at radius 1 is 0.828 bits per heavy atom. The fourth-order valence-electron chi connectivity index (χ4n) is 1.32. The van der Waals surface area contributed by atoms with Crippen LogP contribution in [0.25, 0.3) is 0 Å². The summed E-state index contributed by atoms with van der Waals surface area (Å²) in [6.07, 6.45) is 5.12. The van der Waals surface area contributed by atoms with Crippen molar-refractivity contribution >= 4 is 93.8 Å². The van der Waals surface area contributed by atoms with E-state index in [1.807, 2.05) is 36.4 Å². The van der Waals surface area contributed by atoms with Gasteiger partial charge in [-0.05, 0) is 90.8 Å². The highest BCUT2D eigenvalue weighted by Crippen LogP contribution is 2.22. The summed E-state index contributed by atoms with van der Waals surface area (Å²) in [5.74, 6) is 3.19. The van der Waals surface area contributed by atoms with E-state index in [2.05, 4.69) is 111 Å². The van der Waals surface area contributed by atoms with E-state index >= 15 is 0 Å². The zero-order chi connectivity index (χ0) is 22.8. The summed E-state index contributed by atoms with van der Waals surface area (Å²) >= 11 is 20.6. The minimum absolute atomic E-state index is 0.732. The van der Waals surface area contributed by atoms with Gasteiger partial charge in [0, 0.05) is 28.1 Å². The topological polar surface area (TPSA) is 0 Å². The highest BCUT2D eigenvalue weighted by molar-refractivity contribution is 14.1. The van der Waals surface area contributed by atoms with Gasteiger partial charge in [-0.1, -0.05) is 68.4 Å². The predicted octanol–water partition coefficient (Wildman–Crippen LogP) is 9.54. The molecule has 2 aromatic rings. The monoisotopic (exact) mass is 700 g/mol. The molecule has 0 saturated heterocycles. The molecule has 29 heavy (non-hydrogen) atoms. The van der Waals surface area contributed by atoms with Gasteiger partial charge in [0.15, 0.2) is 0 Å². The Hall–Kier alpha value is 0.264. The summed E-state index contributed by atoms with van der Waals surface area (Å²) in [4.78, 5) is 0. The molecule has 0 aliphatic carbocycles. The van der Waals surface area contributed by atoms with Crippen molar-refractivity contribution < 1.29 is 0 Å². The lowest BCUT2D eigenvalue weighted by Gasteiger charge is -2.04. The zero-order valence-corrected chi connectivity index (χ0v) is 26.3. The fraction of sp³-hybridized carbons (Fsp3) is 0.273. The Kier molecular flexibility index (Phi) is 13.8. The van der Waals surface area contributed by atoms with E-state index in [1.165, 1.54) is 3.57 Å². The summed E-state index contributed by atoms with van der Waals surface area (Å²) in [7, 11) is -2.39. The van der Waals surface area contributed by atoms with Crippen LogP contribution in [-0.2, 0) is 0 Å². The van der Waals surface area contributed by atoms with E-state index in [1.54, 1.807) is 0 Å². The van der Waals surface area contributed by atoms with Crippen LogP contribution in [0.3, 0.4) is 0 Å². The van der Waals surface area contributed by atoms with Gasteiger partial charge in [0.1, 0.15) is 16.1 Å². The Morgan fingerprint density at radius 2 is 1.28 bits per heavy atom. The van der Waals surface area contributed by atoms with E-state index in [9.17, 15) is 0 Å². The van der Waals surface area contributed by atoms with E-state index < -0.39 is 16.1 Å². The second kappa shape index (κ2) is 13.6. The lowest BCUT2D eigenvalue weighted by atomic mass is 10.2.